The Hall–Kier alpha value is -3.37. The molecule has 2 saturated carbocycles. The minimum atomic E-state index is -1.06. The quantitative estimate of drug-likeness (QED) is 0.379. The van der Waals surface area contributed by atoms with Crippen molar-refractivity contribution in [1.29, 1.82) is 0 Å². The van der Waals surface area contributed by atoms with E-state index in [2.05, 4.69) is 30.9 Å². The molecule has 1 aromatic carbocycles. The highest BCUT2D eigenvalue weighted by molar-refractivity contribution is 5.79. The zero-order valence-electron chi connectivity index (χ0n) is 21.0. The number of amides is 1. The second-order valence-corrected chi connectivity index (χ2v) is 10.4. The van der Waals surface area contributed by atoms with Gasteiger partial charge in [0.05, 0.1) is 6.20 Å². The minimum Gasteiger partial charge on any atom is -0.353 e. The third-order valence-corrected chi connectivity index (χ3v) is 7.23. The van der Waals surface area contributed by atoms with Crippen LogP contribution in [0.15, 0.2) is 18.3 Å². The van der Waals surface area contributed by atoms with Crippen LogP contribution in [0.2, 0.25) is 0 Å². The molecule has 0 spiro atoms. The largest absolute Gasteiger partial charge is 0.353 e. The van der Waals surface area contributed by atoms with E-state index in [9.17, 15) is 18.0 Å². The van der Waals surface area contributed by atoms with Crippen molar-refractivity contribution in [3.05, 3.63) is 35.8 Å². The number of nitrogens with one attached hydrogen (secondary N) is 3. The summed E-state index contributed by atoms with van der Waals surface area (Å²) in [7, 11) is 0. The van der Waals surface area contributed by atoms with Crippen LogP contribution < -0.4 is 16.0 Å². The van der Waals surface area contributed by atoms with Gasteiger partial charge < -0.3 is 16.0 Å². The van der Waals surface area contributed by atoms with Gasteiger partial charge in [0.15, 0.2) is 17.3 Å². The van der Waals surface area contributed by atoms with Crippen molar-refractivity contribution in [2.45, 2.75) is 83.3 Å². The Labute approximate surface area is 213 Å². The predicted molar refractivity (Wildman–Crippen MR) is 135 cm³/mol. The van der Waals surface area contributed by atoms with Crippen molar-refractivity contribution in [2.75, 3.05) is 10.6 Å². The monoisotopic (exact) mass is 515 g/mol. The van der Waals surface area contributed by atoms with Gasteiger partial charge in [0.25, 0.3) is 0 Å². The first-order valence-corrected chi connectivity index (χ1v) is 13.0. The molecule has 0 atom stereocenters. The second-order valence-electron chi connectivity index (χ2n) is 10.4. The molecule has 0 unspecified atom stereocenters. The lowest BCUT2D eigenvalue weighted by Gasteiger charge is -2.30. The maximum atomic E-state index is 14.5. The van der Waals surface area contributed by atoms with Gasteiger partial charge in [0, 0.05) is 36.2 Å². The van der Waals surface area contributed by atoms with Crippen LogP contribution in [0.3, 0.4) is 0 Å². The third-order valence-electron chi connectivity index (χ3n) is 7.23. The van der Waals surface area contributed by atoms with Gasteiger partial charge in [0.1, 0.15) is 17.0 Å². The molecular weight excluding hydrogens is 483 g/mol. The van der Waals surface area contributed by atoms with Crippen LogP contribution in [0.25, 0.3) is 11.2 Å². The summed E-state index contributed by atoms with van der Waals surface area (Å²) < 4.78 is 44.3. The maximum Gasteiger partial charge on any atom is 0.224 e. The molecule has 2 fully saturated rings. The molecule has 8 nitrogen and oxygen atoms in total. The molecule has 0 bridgehead atoms. The van der Waals surface area contributed by atoms with Gasteiger partial charge in [0.2, 0.25) is 17.8 Å². The smallest absolute Gasteiger partial charge is 0.224 e. The summed E-state index contributed by atoms with van der Waals surface area (Å²) in [6, 6.07) is 1.52. The first-order valence-electron chi connectivity index (χ1n) is 13.0. The van der Waals surface area contributed by atoms with Gasteiger partial charge in [-0.15, -0.1) is 0 Å². The molecule has 1 amide bonds. The van der Waals surface area contributed by atoms with E-state index in [1.165, 1.54) is 0 Å². The van der Waals surface area contributed by atoms with E-state index < -0.39 is 23.1 Å². The molecule has 2 heterocycles. The Kier molecular flexibility index (Phi) is 7.21. The maximum absolute atomic E-state index is 14.5. The van der Waals surface area contributed by atoms with Crippen LogP contribution in [0, 0.1) is 23.4 Å². The fourth-order valence-electron chi connectivity index (χ4n) is 5.41. The van der Waals surface area contributed by atoms with E-state index in [1.807, 2.05) is 18.4 Å². The molecule has 11 heteroatoms. The van der Waals surface area contributed by atoms with E-state index in [-0.39, 0.29) is 35.9 Å². The minimum absolute atomic E-state index is 0.0668. The van der Waals surface area contributed by atoms with Gasteiger partial charge >= 0.3 is 0 Å². The first kappa shape index (κ1) is 25.3. The van der Waals surface area contributed by atoms with Crippen molar-refractivity contribution in [1.82, 2.24) is 24.8 Å². The number of hydrogen-bond donors (Lipinski definition) is 3. The average molecular weight is 516 g/mol. The van der Waals surface area contributed by atoms with Gasteiger partial charge in [-0.3, -0.25) is 9.36 Å². The number of fused-ring (bicyclic) bond motifs is 1. The molecular formula is C26H32F3N7O. The SMILES string of the molecule is CC(C)Nc1ncc2nc(Nc3c(F)cc(F)cc3F)n(C3CCC(C(=O)NC4CCCC4)CC3)c2n1. The Morgan fingerprint density at radius 1 is 1.00 bits per heavy atom. The number of hydrogen-bond acceptors (Lipinski definition) is 6. The normalized spacial score (nSPS) is 20.5. The Bertz CT molecular complexity index is 1260. The fraction of sp³-hybridized carbons (Fsp3) is 0.538. The summed E-state index contributed by atoms with van der Waals surface area (Å²) in [4.78, 5) is 26.3. The molecule has 5 rings (SSSR count). The van der Waals surface area contributed by atoms with Crippen molar-refractivity contribution < 1.29 is 18.0 Å². The van der Waals surface area contributed by atoms with Gasteiger partial charge in [-0.25, -0.2) is 23.1 Å². The number of halogens is 3. The average Bonchev–Trinajstić information content (AvgIpc) is 3.48. The standard InChI is InChI=1S/C26H32F3N7O/c1-14(2)31-25-30-13-21-23(35-25)36(26(33-21)34-22-19(28)11-16(27)12-20(22)29)18-9-7-15(8-10-18)24(37)32-17-5-3-4-6-17/h11-15,17-18H,3-10H2,1-2H3,(H,32,37)(H,33,34)(H,30,31,35). The zero-order chi connectivity index (χ0) is 26.1. The molecule has 3 aromatic rings. The van der Waals surface area contributed by atoms with E-state index in [0.29, 0.717) is 54.9 Å². The summed E-state index contributed by atoms with van der Waals surface area (Å²) in [6.45, 7) is 3.94. The lowest BCUT2D eigenvalue weighted by atomic mass is 9.85. The lowest BCUT2D eigenvalue weighted by Crippen LogP contribution is -2.39. The Morgan fingerprint density at radius 3 is 2.32 bits per heavy atom. The van der Waals surface area contributed by atoms with Crippen molar-refractivity contribution in [3.63, 3.8) is 0 Å². The van der Waals surface area contributed by atoms with Crippen LogP contribution in [-0.2, 0) is 4.79 Å². The highest BCUT2D eigenvalue weighted by atomic mass is 19.1. The number of anilines is 3. The number of imidazole rings is 1. The fourth-order valence-corrected chi connectivity index (χ4v) is 5.41. The Balaban J connectivity index is 1.43. The topological polar surface area (TPSA) is 96.8 Å². The molecule has 2 aliphatic rings. The summed E-state index contributed by atoms with van der Waals surface area (Å²) in [5.74, 6) is -2.47. The van der Waals surface area contributed by atoms with Crippen LogP contribution >= 0.6 is 0 Å². The second kappa shape index (κ2) is 10.5. The molecule has 3 N–H and O–H groups in total. The van der Waals surface area contributed by atoms with Crippen LogP contribution in [-0.4, -0.2) is 37.5 Å². The number of nitrogens with zero attached hydrogens (tertiary/aromatic N) is 4. The summed E-state index contributed by atoms with van der Waals surface area (Å²) in [6.07, 6.45) is 8.68. The van der Waals surface area contributed by atoms with Gasteiger partial charge in [-0.1, -0.05) is 12.8 Å². The molecule has 198 valence electrons. The highest BCUT2D eigenvalue weighted by Gasteiger charge is 2.31. The van der Waals surface area contributed by atoms with Gasteiger partial charge in [-0.2, -0.15) is 4.98 Å². The molecule has 2 aromatic heterocycles. The van der Waals surface area contributed by atoms with E-state index in [0.717, 1.165) is 25.7 Å². The van der Waals surface area contributed by atoms with E-state index >= 15 is 0 Å². The number of benzene rings is 1. The van der Waals surface area contributed by atoms with Crippen molar-refractivity contribution >= 4 is 34.7 Å². The molecule has 37 heavy (non-hydrogen) atoms. The predicted octanol–water partition coefficient (Wildman–Crippen LogP) is 5.60. The first-order chi connectivity index (χ1) is 17.8. The van der Waals surface area contributed by atoms with Crippen LogP contribution in [0.5, 0.6) is 0 Å². The summed E-state index contributed by atoms with van der Waals surface area (Å²) in [5.41, 5.74) is 0.486. The number of aromatic nitrogens is 4. The summed E-state index contributed by atoms with van der Waals surface area (Å²) >= 11 is 0. The van der Waals surface area contributed by atoms with Gasteiger partial charge in [-0.05, 0) is 52.4 Å². The number of rotatable bonds is 7. The molecule has 2 aliphatic carbocycles. The van der Waals surface area contributed by atoms with E-state index in [1.54, 1.807) is 6.20 Å². The highest BCUT2D eigenvalue weighted by Crippen LogP contribution is 2.38. The molecule has 0 radical (unpaired) electrons. The molecule has 0 aliphatic heterocycles. The lowest BCUT2D eigenvalue weighted by molar-refractivity contribution is -0.126. The van der Waals surface area contributed by atoms with Crippen LogP contribution in [0.1, 0.15) is 71.3 Å². The molecule has 0 saturated heterocycles. The third kappa shape index (κ3) is 5.50. The van der Waals surface area contributed by atoms with Crippen LogP contribution in [0.4, 0.5) is 30.8 Å². The van der Waals surface area contributed by atoms with Crippen molar-refractivity contribution in [3.8, 4) is 0 Å². The zero-order valence-corrected chi connectivity index (χ0v) is 21.0. The number of carbonyl (C=O) groups is 1. The number of carbonyl (C=O) groups excluding carboxylic acids is 1. The Morgan fingerprint density at radius 2 is 1.68 bits per heavy atom. The van der Waals surface area contributed by atoms with Crippen molar-refractivity contribution in [2.24, 2.45) is 5.92 Å². The van der Waals surface area contributed by atoms with E-state index in [4.69, 9.17) is 0 Å². The summed E-state index contributed by atoms with van der Waals surface area (Å²) in [5, 5.41) is 9.10.